The molecule has 0 spiro atoms. The van der Waals surface area contributed by atoms with E-state index in [1.54, 1.807) is 6.92 Å². The Labute approximate surface area is 117 Å². The third-order valence-electron chi connectivity index (χ3n) is 2.38. The van der Waals surface area contributed by atoms with E-state index >= 15 is 0 Å². The van der Waals surface area contributed by atoms with Crippen LogP contribution in [-0.2, 0) is 19.1 Å². The second-order valence-corrected chi connectivity index (χ2v) is 4.30. The van der Waals surface area contributed by atoms with E-state index in [4.69, 9.17) is 9.84 Å². The summed E-state index contributed by atoms with van der Waals surface area (Å²) in [5.74, 6) is -1.33. The van der Waals surface area contributed by atoms with Crippen LogP contribution in [0.4, 0.5) is 0 Å². The molecule has 0 aromatic heterocycles. The molecule has 2 unspecified atom stereocenters. The van der Waals surface area contributed by atoms with Gasteiger partial charge in [-0.3, -0.25) is 0 Å². The molecule has 0 saturated heterocycles. The molecule has 5 nitrogen and oxygen atoms in total. The average Bonchev–Trinajstić information content (AvgIpc) is 2.43. The molecule has 1 aromatic carbocycles. The quantitative estimate of drug-likeness (QED) is 0.634. The van der Waals surface area contributed by atoms with Gasteiger partial charge in [-0.1, -0.05) is 30.3 Å². The number of aliphatic hydroxyl groups is 1. The Bertz CT molecular complexity index is 464. The van der Waals surface area contributed by atoms with Gasteiger partial charge in [-0.25, -0.2) is 9.59 Å². The van der Waals surface area contributed by atoms with Gasteiger partial charge in [0.1, 0.15) is 12.7 Å². The van der Waals surface area contributed by atoms with Crippen molar-refractivity contribution >= 4 is 11.9 Å². The maximum Gasteiger partial charge on any atom is 0.331 e. The molecule has 0 fully saturated rings. The molecule has 0 amide bonds. The molecule has 1 rings (SSSR count). The number of carbonyl (C=O) groups is 2. The Morgan fingerprint density at radius 2 is 1.75 bits per heavy atom. The molecule has 0 bridgehead atoms. The maximum absolute atomic E-state index is 11.5. The first-order valence-corrected chi connectivity index (χ1v) is 6.27. The number of hydrogen-bond acceptors (Lipinski definition) is 5. The summed E-state index contributed by atoms with van der Waals surface area (Å²) in [4.78, 5) is 22.7. The standard InChI is InChI=1S/C15H18O5/c1-11(16)10-19-14(17)8-9-15(18)20-12(2)13-6-4-3-5-7-13/h3-9,11-12,16H,10H2,1-2H3/b9-8-. The first kappa shape index (κ1) is 15.9. The zero-order chi connectivity index (χ0) is 15.0. The fourth-order valence-electron chi connectivity index (χ4n) is 1.39. The Morgan fingerprint density at radius 3 is 2.35 bits per heavy atom. The average molecular weight is 278 g/mol. The zero-order valence-electron chi connectivity index (χ0n) is 11.5. The lowest BCUT2D eigenvalue weighted by molar-refractivity contribution is -0.144. The van der Waals surface area contributed by atoms with Gasteiger partial charge < -0.3 is 14.6 Å². The molecular formula is C15H18O5. The van der Waals surface area contributed by atoms with Crippen molar-refractivity contribution in [3.05, 3.63) is 48.0 Å². The van der Waals surface area contributed by atoms with Gasteiger partial charge in [-0.2, -0.15) is 0 Å². The fourth-order valence-corrected chi connectivity index (χ4v) is 1.39. The molecule has 0 aliphatic heterocycles. The van der Waals surface area contributed by atoms with Crippen LogP contribution >= 0.6 is 0 Å². The molecular weight excluding hydrogens is 260 g/mol. The van der Waals surface area contributed by atoms with E-state index in [1.165, 1.54) is 6.92 Å². The zero-order valence-corrected chi connectivity index (χ0v) is 11.5. The number of ether oxygens (including phenoxy) is 2. The van der Waals surface area contributed by atoms with Gasteiger partial charge in [0.05, 0.1) is 6.10 Å². The summed E-state index contributed by atoms with van der Waals surface area (Å²) in [6.45, 7) is 3.12. The molecule has 0 aliphatic carbocycles. The highest BCUT2D eigenvalue weighted by molar-refractivity contribution is 5.91. The summed E-state index contributed by atoms with van der Waals surface area (Å²) in [6, 6.07) is 9.26. The Kier molecular flexibility index (Phi) is 6.46. The highest BCUT2D eigenvalue weighted by Gasteiger charge is 2.09. The number of benzene rings is 1. The summed E-state index contributed by atoms with van der Waals surface area (Å²) in [6.07, 6.45) is 0.839. The van der Waals surface area contributed by atoms with Crippen LogP contribution in [0.3, 0.4) is 0 Å². The molecule has 0 radical (unpaired) electrons. The van der Waals surface area contributed by atoms with Crippen molar-refractivity contribution in [2.45, 2.75) is 26.1 Å². The molecule has 2 atom stereocenters. The normalized spacial score (nSPS) is 13.8. The van der Waals surface area contributed by atoms with Crippen molar-refractivity contribution in [1.82, 2.24) is 0 Å². The summed E-state index contributed by atoms with van der Waals surface area (Å²) in [7, 11) is 0. The minimum atomic E-state index is -0.739. The maximum atomic E-state index is 11.5. The largest absolute Gasteiger partial charge is 0.460 e. The molecule has 20 heavy (non-hydrogen) atoms. The first-order chi connectivity index (χ1) is 9.49. The molecule has 108 valence electrons. The van der Waals surface area contributed by atoms with E-state index in [-0.39, 0.29) is 6.61 Å². The van der Waals surface area contributed by atoms with Crippen LogP contribution in [0.25, 0.3) is 0 Å². The van der Waals surface area contributed by atoms with Crippen LogP contribution in [0.5, 0.6) is 0 Å². The predicted molar refractivity (Wildman–Crippen MR) is 72.7 cm³/mol. The molecule has 1 aromatic rings. The van der Waals surface area contributed by atoms with Gasteiger partial charge in [0.25, 0.3) is 0 Å². The van der Waals surface area contributed by atoms with Crippen molar-refractivity contribution in [3.8, 4) is 0 Å². The van der Waals surface area contributed by atoms with Crippen LogP contribution in [-0.4, -0.2) is 29.8 Å². The van der Waals surface area contributed by atoms with Gasteiger partial charge in [0.15, 0.2) is 0 Å². The smallest absolute Gasteiger partial charge is 0.331 e. The van der Waals surface area contributed by atoms with E-state index in [2.05, 4.69) is 4.74 Å². The van der Waals surface area contributed by atoms with Crippen molar-refractivity contribution in [1.29, 1.82) is 0 Å². The Hall–Kier alpha value is -2.14. The summed E-state index contributed by atoms with van der Waals surface area (Å²) in [5, 5.41) is 8.93. The second-order valence-electron chi connectivity index (χ2n) is 4.30. The van der Waals surface area contributed by atoms with Gasteiger partial charge in [-0.15, -0.1) is 0 Å². The van der Waals surface area contributed by atoms with E-state index in [1.807, 2.05) is 30.3 Å². The highest BCUT2D eigenvalue weighted by atomic mass is 16.5. The second kappa shape index (κ2) is 8.12. The molecule has 0 saturated carbocycles. The highest BCUT2D eigenvalue weighted by Crippen LogP contribution is 2.15. The topological polar surface area (TPSA) is 72.8 Å². The van der Waals surface area contributed by atoms with E-state index in [0.717, 1.165) is 17.7 Å². The monoisotopic (exact) mass is 278 g/mol. The molecule has 0 heterocycles. The van der Waals surface area contributed by atoms with Crippen LogP contribution in [0.1, 0.15) is 25.5 Å². The third kappa shape index (κ3) is 6.15. The van der Waals surface area contributed by atoms with Gasteiger partial charge >= 0.3 is 11.9 Å². The summed E-state index contributed by atoms with van der Waals surface area (Å²) < 4.78 is 9.79. The molecule has 5 heteroatoms. The van der Waals surface area contributed by atoms with E-state index in [9.17, 15) is 9.59 Å². The summed E-state index contributed by atoms with van der Waals surface area (Å²) >= 11 is 0. The van der Waals surface area contributed by atoms with Crippen molar-refractivity contribution < 1.29 is 24.2 Å². The minimum Gasteiger partial charge on any atom is -0.460 e. The van der Waals surface area contributed by atoms with Crippen molar-refractivity contribution in [2.24, 2.45) is 0 Å². The number of carbonyl (C=O) groups excluding carboxylic acids is 2. The van der Waals surface area contributed by atoms with Crippen LogP contribution < -0.4 is 0 Å². The minimum absolute atomic E-state index is 0.112. The van der Waals surface area contributed by atoms with Gasteiger partial charge in [-0.05, 0) is 19.4 Å². The Balaban J connectivity index is 2.41. The fraction of sp³-hybridized carbons (Fsp3) is 0.333. The lowest BCUT2D eigenvalue weighted by Crippen LogP contribution is -2.14. The molecule has 1 N–H and O–H groups in total. The first-order valence-electron chi connectivity index (χ1n) is 6.27. The molecule has 0 aliphatic rings. The number of esters is 2. The number of rotatable bonds is 6. The van der Waals surface area contributed by atoms with Crippen LogP contribution in [0.15, 0.2) is 42.5 Å². The van der Waals surface area contributed by atoms with Crippen LogP contribution in [0.2, 0.25) is 0 Å². The van der Waals surface area contributed by atoms with Crippen LogP contribution in [0, 0.1) is 0 Å². The van der Waals surface area contributed by atoms with E-state index in [0.29, 0.717) is 0 Å². The predicted octanol–water partition coefficient (Wildman–Crippen LogP) is 1.77. The van der Waals surface area contributed by atoms with Gasteiger partial charge in [0, 0.05) is 12.2 Å². The van der Waals surface area contributed by atoms with E-state index < -0.39 is 24.1 Å². The van der Waals surface area contributed by atoms with Crippen molar-refractivity contribution in [3.63, 3.8) is 0 Å². The lowest BCUT2D eigenvalue weighted by Gasteiger charge is -2.11. The Morgan fingerprint density at radius 1 is 1.15 bits per heavy atom. The SMILES string of the molecule is CC(O)COC(=O)/C=C\C(=O)OC(C)c1ccccc1. The summed E-state index contributed by atoms with van der Waals surface area (Å²) in [5.41, 5.74) is 0.867. The van der Waals surface area contributed by atoms with Gasteiger partial charge in [0.2, 0.25) is 0 Å². The third-order valence-corrected chi connectivity index (χ3v) is 2.38. The number of aliphatic hydroxyl groups excluding tert-OH is 1. The lowest BCUT2D eigenvalue weighted by atomic mass is 10.1. The number of hydrogen-bond donors (Lipinski definition) is 1. The van der Waals surface area contributed by atoms with Crippen molar-refractivity contribution in [2.75, 3.05) is 6.61 Å².